The number of hydrogen-bond acceptors (Lipinski definition) is 4. The van der Waals surface area contributed by atoms with Crippen molar-refractivity contribution in [3.05, 3.63) is 66.7 Å². The standard InChI is InChI=1S/C22H23N5O/c23-17-9-11-18(12-10-17)24-22(28)25-19-6-3-5-16(15-19)20-7-4-8-21(26-20)27-13-1-2-14-27/h3-12,15H,1-2,13-14,23H2,(H2,24,25,28). The van der Waals surface area contributed by atoms with E-state index in [0.29, 0.717) is 17.1 Å². The van der Waals surface area contributed by atoms with Gasteiger partial charge in [0.25, 0.3) is 0 Å². The number of carbonyl (C=O) groups excluding carboxylic acids is 1. The summed E-state index contributed by atoms with van der Waals surface area (Å²) in [5, 5.41) is 5.66. The van der Waals surface area contributed by atoms with Gasteiger partial charge in [-0.25, -0.2) is 9.78 Å². The van der Waals surface area contributed by atoms with E-state index in [0.717, 1.165) is 30.2 Å². The van der Waals surface area contributed by atoms with E-state index in [4.69, 9.17) is 10.7 Å². The lowest BCUT2D eigenvalue weighted by Crippen LogP contribution is -2.19. The molecule has 4 rings (SSSR count). The van der Waals surface area contributed by atoms with E-state index in [1.54, 1.807) is 24.3 Å². The van der Waals surface area contributed by atoms with E-state index in [1.165, 1.54) is 12.8 Å². The Hall–Kier alpha value is -3.54. The maximum atomic E-state index is 12.3. The zero-order valence-corrected chi connectivity index (χ0v) is 15.6. The molecule has 1 aliphatic heterocycles. The SMILES string of the molecule is Nc1ccc(NC(=O)Nc2cccc(-c3cccc(N4CCCC4)n3)c2)cc1. The van der Waals surface area contributed by atoms with Gasteiger partial charge in [0.05, 0.1) is 5.69 Å². The quantitative estimate of drug-likeness (QED) is 0.585. The fourth-order valence-corrected chi connectivity index (χ4v) is 3.32. The van der Waals surface area contributed by atoms with Crippen LogP contribution in [0.1, 0.15) is 12.8 Å². The largest absolute Gasteiger partial charge is 0.399 e. The highest BCUT2D eigenvalue weighted by Gasteiger charge is 2.14. The predicted octanol–water partition coefficient (Wildman–Crippen LogP) is 4.58. The van der Waals surface area contributed by atoms with Crippen LogP contribution in [0, 0.1) is 0 Å². The summed E-state index contributed by atoms with van der Waals surface area (Å²) in [5.41, 5.74) is 9.57. The molecule has 1 aromatic heterocycles. The highest BCUT2D eigenvalue weighted by atomic mass is 16.2. The zero-order valence-electron chi connectivity index (χ0n) is 15.6. The van der Waals surface area contributed by atoms with Crippen molar-refractivity contribution in [3.8, 4) is 11.3 Å². The van der Waals surface area contributed by atoms with Gasteiger partial charge in [0.1, 0.15) is 5.82 Å². The second kappa shape index (κ2) is 8.00. The van der Waals surface area contributed by atoms with E-state index < -0.39 is 0 Å². The molecule has 0 unspecified atom stereocenters. The average Bonchev–Trinajstić information content (AvgIpc) is 3.25. The molecule has 1 aliphatic rings. The number of amides is 2. The molecule has 2 aromatic carbocycles. The molecular formula is C22H23N5O. The van der Waals surface area contributed by atoms with Crippen LogP contribution in [-0.2, 0) is 0 Å². The molecule has 2 amide bonds. The number of benzene rings is 2. The molecule has 0 saturated carbocycles. The lowest BCUT2D eigenvalue weighted by atomic mass is 10.1. The number of pyridine rings is 1. The maximum absolute atomic E-state index is 12.3. The number of hydrogen-bond donors (Lipinski definition) is 3. The van der Waals surface area contributed by atoms with Crippen LogP contribution in [0.4, 0.5) is 27.7 Å². The molecule has 28 heavy (non-hydrogen) atoms. The molecule has 6 heteroatoms. The van der Waals surface area contributed by atoms with Gasteiger partial charge >= 0.3 is 6.03 Å². The monoisotopic (exact) mass is 373 g/mol. The molecule has 1 fully saturated rings. The van der Waals surface area contributed by atoms with Gasteiger partial charge in [-0.1, -0.05) is 18.2 Å². The summed E-state index contributed by atoms with van der Waals surface area (Å²) in [6.45, 7) is 2.12. The third-order valence-corrected chi connectivity index (χ3v) is 4.75. The summed E-state index contributed by atoms with van der Waals surface area (Å²) in [6.07, 6.45) is 2.43. The molecule has 6 nitrogen and oxygen atoms in total. The lowest BCUT2D eigenvalue weighted by molar-refractivity contribution is 0.262. The van der Waals surface area contributed by atoms with Crippen molar-refractivity contribution in [2.24, 2.45) is 0 Å². The molecule has 4 N–H and O–H groups in total. The minimum atomic E-state index is -0.305. The van der Waals surface area contributed by atoms with E-state index in [2.05, 4.69) is 21.6 Å². The number of rotatable bonds is 4. The molecule has 1 saturated heterocycles. The summed E-state index contributed by atoms with van der Waals surface area (Å²) in [4.78, 5) is 19.4. The van der Waals surface area contributed by atoms with Crippen molar-refractivity contribution >= 4 is 28.9 Å². The zero-order chi connectivity index (χ0) is 19.3. The van der Waals surface area contributed by atoms with Gasteiger partial charge in [0.2, 0.25) is 0 Å². The number of nitrogen functional groups attached to an aromatic ring is 1. The molecular weight excluding hydrogens is 350 g/mol. The van der Waals surface area contributed by atoms with Gasteiger partial charge in [0, 0.05) is 35.7 Å². The second-order valence-corrected chi connectivity index (χ2v) is 6.86. The van der Waals surface area contributed by atoms with E-state index in [9.17, 15) is 4.79 Å². The Labute approximate surface area is 164 Å². The molecule has 3 aromatic rings. The summed E-state index contributed by atoms with van der Waals surface area (Å²) in [6, 6.07) is 20.5. The Balaban J connectivity index is 1.47. The van der Waals surface area contributed by atoms with Crippen molar-refractivity contribution < 1.29 is 4.79 Å². The van der Waals surface area contributed by atoms with Crippen LogP contribution < -0.4 is 21.3 Å². The first kappa shape index (κ1) is 17.9. The number of aromatic nitrogens is 1. The van der Waals surface area contributed by atoms with E-state index in [-0.39, 0.29) is 6.03 Å². The molecule has 0 radical (unpaired) electrons. The molecule has 0 bridgehead atoms. The average molecular weight is 373 g/mol. The van der Waals surface area contributed by atoms with E-state index >= 15 is 0 Å². The number of nitrogens with zero attached hydrogens (tertiary/aromatic N) is 2. The smallest absolute Gasteiger partial charge is 0.323 e. The Morgan fingerprint density at radius 1 is 0.893 bits per heavy atom. The fourth-order valence-electron chi connectivity index (χ4n) is 3.32. The number of nitrogens with one attached hydrogen (secondary N) is 2. The molecule has 0 spiro atoms. The summed E-state index contributed by atoms with van der Waals surface area (Å²) >= 11 is 0. The molecule has 142 valence electrons. The summed E-state index contributed by atoms with van der Waals surface area (Å²) in [5.74, 6) is 1.01. The first-order valence-electron chi connectivity index (χ1n) is 9.43. The summed E-state index contributed by atoms with van der Waals surface area (Å²) < 4.78 is 0. The third-order valence-electron chi connectivity index (χ3n) is 4.75. The summed E-state index contributed by atoms with van der Waals surface area (Å²) in [7, 11) is 0. The number of urea groups is 1. The van der Waals surface area contributed by atoms with Crippen molar-refractivity contribution in [2.45, 2.75) is 12.8 Å². The van der Waals surface area contributed by atoms with Gasteiger partial charge in [-0.05, 0) is 61.4 Å². The van der Waals surface area contributed by atoms with Crippen LogP contribution in [0.15, 0.2) is 66.7 Å². The highest BCUT2D eigenvalue weighted by molar-refractivity contribution is 6.00. The van der Waals surface area contributed by atoms with Crippen LogP contribution in [0.2, 0.25) is 0 Å². The van der Waals surface area contributed by atoms with Gasteiger partial charge in [0.15, 0.2) is 0 Å². The minimum Gasteiger partial charge on any atom is -0.399 e. The van der Waals surface area contributed by atoms with Crippen molar-refractivity contribution in [1.29, 1.82) is 0 Å². The van der Waals surface area contributed by atoms with E-state index in [1.807, 2.05) is 36.4 Å². The van der Waals surface area contributed by atoms with Crippen LogP contribution >= 0.6 is 0 Å². The second-order valence-electron chi connectivity index (χ2n) is 6.86. The number of carbonyl (C=O) groups is 1. The van der Waals surface area contributed by atoms with Crippen molar-refractivity contribution in [1.82, 2.24) is 4.98 Å². The molecule has 0 atom stereocenters. The van der Waals surface area contributed by atoms with Crippen LogP contribution in [0.3, 0.4) is 0 Å². The van der Waals surface area contributed by atoms with Gasteiger partial charge in [-0.15, -0.1) is 0 Å². The fraction of sp³-hybridized carbons (Fsp3) is 0.182. The van der Waals surface area contributed by atoms with Crippen LogP contribution in [-0.4, -0.2) is 24.1 Å². The Morgan fingerprint density at radius 3 is 2.39 bits per heavy atom. The molecule has 2 heterocycles. The van der Waals surface area contributed by atoms with Crippen molar-refractivity contribution in [3.63, 3.8) is 0 Å². The lowest BCUT2D eigenvalue weighted by Gasteiger charge is -2.17. The minimum absolute atomic E-state index is 0.305. The topological polar surface area (TPSA) is 83.3 Å². The number of anilines is 4. The Kier molecular flexibility index (Phi) is 5.10. The van der Waals surface area contributed by atoms with Gasteiger partial charge < -0.3 is 21.3 Å². The van der Waals surface area contributed by atoms with Crippen LogP contribution in [0.25, 0.3) is 11.3 Å². The van der Waals surface area contributed by atoms with Gasteiger partial charge in [-0.3, -0.25) is 0 Å². The highest BCUT2D eigenvalue weighted by Crippen LogP contribution is 2.25. The normalized spacial score (nSPS) is 13.4. The van der Waals surface area contributed by atoms with Crippen LogP contribution in [0.5, 0.6) is 0 Å². The Morgan fingerprint density at radius 2 is 1.61 bits per heavy atom. The predicted molar refractivity (Wildman–Crippen MR) is 115 cm³/mol. The Bertz CT molecular complexity index is 965. The van der Waals surface area contributed by atoms with Crippen molar-refractivity contribution in [2.75, 3.05) is 34.4 Å². The maximum Gasteiger partial charge on any atom is 0.323 e. The molecule has 0 aliphatic carbocycles. The van der Waals surface area contributed by atoms with Gasteiger partial charge in [-0.2, -0.15) is 0 Å². The number of nitrogens with two attached hydrogens (primary N) is 1. The first-order chi connectivity index (χ1) is 13.7. The third kappa shape index (κ3) is 4.23. The first-order valence-corrected chi connectivity index (χ1v) is 9.43.